The largest absolute Gasteiger partial charge is 0.466 e. The van der Waals surface area contributed by atoms with Gasteiger partial charge in [0.1, 0.15) is 11.5 Å². The SMILES string of the molecule is Cc1cc(C(=O)N2CCN(C(=O)Nc3cccc(C(C)C)c3)CC2)c(C)o1. The summed E-state index contributed by atoms with van der Waals surface area (Å²) >= 11 is 0. The lowest BCUT2D eigenvalue weighted by Gasteiger charge is -2.34. The Morgan fingerprint density at radius 2 is 1.70 bits per heavy atom. The van der Waals surface area contributed by atoms with E-state index in [1.807, 2.05) is 25.1 Å². The van der Waals surface area contributed by atoms with Crippen molar-refractivity contribution in [1.82, 2.24) is 9.80 Å². The van der Waals surface area contributed by atoms with Crippen molar-refractivity contribution in [3.63, 3.8) is 0 Å². The van der Waals surface area contributed by atoms with Crippen LogP contribution in [-0.2, 0) is 0 Å². The molecule has 27 heavy (non-hydrogen) atoms. The average molecular weight is 369 g/mol. The fourth-order valence-electron chi connectivity index (χ4n) is 3.30. The van der Waals surface area contributed by atoms with Gasteiger partial charge in [0.15, 0.2) is 0 Å². The zero-order valence-corrected chi connectivity index (χ0v) is 16.4. The second-order valence-electron chi connectivity index (χ2n) is 7.32. The van der Waals surface area contributed by atoms with Crippen LogP contribution in [0.15, 0.2) is 34.7 Å². The molecule has 1 fully saturated rings. The molecule has 1 aromatic heterocycles. The van der Waals surface area contributed by atoms with Crippen molar-refractivity contribution in [2.24, 2.45) is 0 Å². The average Bonchev–Trinajstić information content (AvgIpc) is 2.99. The summed E-state index contributed by atoms with van der Waals surface area (Å²) in [5, 5.41) is 2.96. The summed E-state index contributed by atoms with van der Waals surface area (Å²) in [5.41, 5.74) is 2.60. The zero-order valence-electron chi connectivity index (χ0n) is 16.4. The number of hydrogen-bond acceptors (Lipinski definition) is 3. The highest BCUT2D eigenvalue weighted by atomic mass is 16.3. The minimum atomic E-state index is -0.127. The number of nitrogens with zero attached hydrogens (tertiary/aromatic N) is 2. The molecule has 0 bridgehead atoms. The van der Waals surface area contributed by atoms with E-state index >= 15 is 0 Å². The topological polar surface area (TPSA) is 65.8 Å². The lowest BCUT2D eigenvalue weighted by atomic mass is 10.0. The van der Waals surface area contributed by atoms with E-state index in [0.717, 1.165) is 11.4 Å². The van der Waals surface area contributed by atoms with Gasteiger partial charge in [-0.2, -0.15) is 0 Å². The van der Waals surface area contributed by atoms with E-state index in [9.17, 15) is 9.59 Å². The molecule has 6 nitrogen and oxygen atoms in total. The van der Waals surface area contributed by atoms with Gasteiger partial charge in [0.05, 0.1) is 5.56 Å². The third kappa shape index (κ3) is 4.32. The Bertz CT molecular complexity index is 833. The molecule has 1 aromatic carbocycles. The van der Waals surface area contributed by atoms with Crippen LogP contribution in [0.4, 0.5) is 10.5 Å². The molecular weight excluding hydrogens is 342 g/mol. The first-order valence-electron chi connectivity index (χ1n) is 9.37. The number of nitrogens with one attached hydrogen (secondary N) is 1. The van der Waals surface area contributed by atoms with Crippen LogP contribution >= 0.6 is 0 Å². The fourth-order valence-corrected chi connectivity index (χ4v) is 3.30. The van der Waals surface area contributed by atoms with Crippen LogP contribution in [-0.4, -0.2) is 47.9 Å². The van der Waals surface area contributed by atoms with E-state index in [0.29, 0.717) is 43.4 Å². The Morgan fingerprint density at radius 1 is 1.04 bits per heavy atom. The minimum Gasteiger partial charge on any atom is -0.466 e. The summed E-state index contributed by atoms with van der Waals surface area (Å²) < 4.78 is 5.46. The number of aryl methyl sites for hydroxylation is 2. The standard InChI is InChI=1S/C21H27N3O3/c1-14(2)17-6-5-7-18(13-17)22-21(26)24-10-8-23(9-11-24)20(25)19-12-15(3)27-16(19)4/h5-7,12-14H,8-11H2,1-4H3,(H,22,26). The quantitative estimate of drug-likeness (QED) is 0.889. The van der Waals surface area contributed by atoms with Crippen molar-refractivity contribution in [3.8, 4) is 0 Å². The number of anilines is 1. The van der Waals surface area contributed by atoms with Crippen molar-refractivity contribution in [2.75, 3.05) is 31.5 Å². The highest BCUT2D eigenvalue weighted by Gasteiger charge is 2.26. The van der Waals surface area contributed by atoms with Gasteiger partial charge in [-0.15, -0.1) is 0 Å². The summed E-state index contributed by atoms with van der Waals surface area (Å²) in [7, 11) is 0. The van der Waals surface area contributed by atoms with Crippen molar-refractivity contribution in [2.45, 2.75) is 33.6 Å². The molecule has 0 unspecified atom stereocenters. The minimum absolute atomic E-state index is 0.0333. The molecule has 1 aliphatic heterocycles. The molecular formula is C21H27N3O3. The second-order valence-corrected chi connectivity index (χ2v) is 7.32. The van der Waals surface area contributed by atoms with Crippen LogP contribution in [0.25, 0.3) is 0 Å². The molecule has 2 heterocycles. The predicted molar refractivity (Wildman–Crippen MR) is 105 cm³/mol. The molecule has 144 valence electrons. The maximum Gasteiger partial charge on any atom is 0.321 e. The number of carbonyl (C=O) groups excluding carboxylic acids is 2. The number of hydrogen-bond donors (Lipinski definition) is 1. The lowest BCUT2D eigenvalue weighted by molar-refractivity contribution is 0.0670. The van der Waals surface area contributed by atoms with Crippen LogP contribution in [0, 0.1) is 13.8 Å². The smallest absolute Gasteiger partial charge is 0.321 e. The number of furan rings is 1. The van der Waals surface area contributed by atoms with Crippen molar-refractivity contribution in [3.05, 3.63) is 53.0 Å². The molecule has 3 amide bonds. The summed E-state index contributed by atoms with van der Waals surface area (Å²) in [6.07, 6.45) is 0. The molecule has 0 spiro atoms. The maximum atomic E-state index is 12.6. The van der Waals surface area contributed by atoms with Gasteiger partial charge in [-0.3, -0.25) is 4.79 Å². The third-order valence-electron chi connectivity index (χ3n) is 4.93. The van der Waals surface area contributed by atoms with Crippen molar-refractivity contribution < 1.29 is 14.0 Å². The van der Waals surface area contributed by atoms with Gasteiger partial charge in [0.25, 0.3) is 5.91 Å². The molecule has 0 saturated carbocycles. The molecule has 2 aromatic rings. The molecule has 0 aliphatic carbocycles. The van der Waals surface area contributed by atoms with Crippen LogP contribution in [0.3, 0.4) is 0 Å². The van der Waals surface area contributed by atoms with E-state index in [4.69, 9.17) is 4.42 Å². The highest BCUT2D eigenvalue weighted by Crippen LogP contribution is 2.20. The Morgan fingerprint density at radius 3 is 2.30 bits per heavy atom. The lowest BCUT2D eigenvalue weighted by Crippen LogP contribution is -2.51. The summed E-state index contributed by atoms with van der Waals surface area (Å²) in [4.78, 5) is 28.7. The monoisotopic (exact) mass is 369 g/mol. The molecule has 1 N–H and O–H groups in total. The number of carbonyl (C=O) groups is 2. The summed E-state index contributed by atoms with van der Waals surface area (Å²) in [5.74, 6) is 1.75. The first-order valence-corrected chi connectivity index (χ1v) is 9.37. The van der Waals surface area contributed by atoms with E-state index < -0.39 is 0 Å². The molecule has 0 atom stereocenters. The Balaban J connectivity index is 1.57. The van der Waals surface area contributed by atoms with Crippen molar-refractivity contribution >= 4 is 17.6 Å². The van der Waals surface area contributed by atoms with E-state index in [2.05, 4.69) is 25.2 Å². The Hall–Kier alpha value is -2.76. The van der Waals surface area contributed by atoms with Gasteiger partial charge >= 0.3 is 6.03 Å². The van der Waals surface area contributed by atoms with Gasteiger partial charge in [0.2, 0.25) is 0 Å². The molecule has 0 radical (unpaired) electrons. The molecule has 6 heteroatoms. The first-order chi connectivity index (χ1) is 12.8. The van der Waals surface area contributed by atoms with Crippen LogP contribution in [0.5, 0.6) is 0 Å². The molecule has 3 rings (SSSR count). The Labute approximate surface area is 160 Å². The van der Waals surface area contributed by atoms with Gasteiger partial charge in [-0.05, 0) is 43.5 Å². The van der Waals surface area contributed by atoms with E-state index in [1.54, 1.807) is 22.8 Å². The number of rotatable bonds is 3. The summed E-state index contributed by atoms with van der Waals surface area (Å²) in [6, 6.07) is 9.57. The van der Waals surface area contributed by atoms with E-state index in [1.165, 1.54) is 5.56 Å². The van der Waals surface area contributed by atoms with Gasteiger partial charge < -0.3 is 19.5 Å². The number of urea groups is 1. The van der Waals surface area contributed by atoms with Gasteiger partial charge in [-0.25, -0.2) is 4.79 Å². The number of amides is 3. The van der Waals surface area contributed by atoms with Crippen molar-refractivity contribution in [1.29, 1.82) is 0 Å². The second kappa shape index (κ2) is 7.86. The van der Waals surface area contributed by atoms with Crippen LogP contribution in [0.1, 0.15) is 47.2 Å². The van der Waals surface area contributed by atoms with Crippen LogP contribution < -0.4 is 5.32 Å². The summed E-state index contributed by atoms with van der Waals surface area (Å²) in [6.45, 7) is 9.94. The highest BCUT2D eigenvalue weighted by molar-refractivity contribution is 5.95. The normalized spacial score (nSPS) is 14.6. The van der Waals surface area contributed by atoms with Crippen LogP contribution in [0.2, 0.25) is 0 Å². The van der Waals surface area contributed by atoms with Gasteiger partial charge in [-0.1, -0.05) is 26.0 Å². The predicted octanol–water partition coefficient (Wildman–Crippen LogP) is 4.01. The first kappa shape index (κ1) is 19.0. The number of piperazine rings is 1. The van der Waals surface area contributed by atoms with E-state index in [-0.39, 0.29) is 11.9 Å². The molecule has 1 saturated heterocycles. The van der Waals surface area contributed by atoms with Gasteiger partial charge in [0, 0.05) is 31.9 Å². The number of benzene rings is 1. The third-order valence-corrected chi connectivity index (χ3v) is 4.93. The maximum absolute atomic E-state index is 12.6. The Kier molecular flexibility index (Phi) is 5.54. The molecule has 1 aliphatic rings. The fraction of sp³-hybridized carbons (Fsp3) is 0.429. The zero-order chi connectivity index (χ0) is 19.6.